The summed E-state index contributed by atoms with van der Waals surface area (Å²) in [7, 11) is 0. The number of aryl methyl sites for hydroxylation is 2. The van der Waals surface area contributed by atoms with E-state index >= 15 is 0 Å². The molecule has 7 nitrogen and oxygen atoms in total. The number of ketones is 1. The molecule has 0 unspecified atom stereocenters. The highest BCUT2D eigenvalue weighted by atomic mass is 35.5. The van der Waals surface area contributed by atoms with Gasteiger partial charge in [0.2, 0.25) is 17.6 Å². The number of piperazine rings is 1. The Hall–Kier alpha value is -3.03. The second kappa shape index (κ2) is 10.1. The van der Waals surface area contributed by atoms with E-state index < -0.39 is 0 Å². The zero-order valence-corrected chi connectivity index (χ0v) is 19.8. The Bertz CT molecular complexity index is 1180. The first kappa shape index (κ1) is 22.7. The summed E-state index contributed by atoms with van der Waals surface area (Å²) < 4.78 is 5.41. The number of rotatable bonds is 7. The summed E-state index contributed by atoms with van der Waals surface area (Å²) in [5.41, 5.74) is 4.22. The van der Waals surface area contributed by atoms with E-state index in [1.807, 2.05) is 29.2 Å². The molecule has 0 bridgehead atoms. The quantitative estimate of drug-likeness (QED) is 0.474. The lowest BCUT2D eigenvalue weighted by Crippen LogP contribution is -2.48. The van der Waals surface area contributed by atoms with Crippen LogP contribution >= 0.6 is 11.6 Å². The van der Waals surface area contributed by atoms with Crippen molar-refractivity contribution in [1.82, 2.24) is 19.9 Å². The summed E-state index contributed by atoms with van der Waals surface area (Å²) >= 11 is 5.93. The normalized spacial score (nSPS) is 16.0. The van der Waals surface area contributed by atoms with E-state index in [1.165, 1.54) is 11.1 Å². The average molecular weight is 479 g/mol. The Morgan fingerprint density at radius 1 is 0.941 bits per heavy atom. The van der Waals surface area contributed by atoms with Crippen LogP contribution in [-0.4, -0.2) is 57.8 Å². The molecule has 2 heterocycles. The summed E-state index contributed by atoms with van der Waals surface area (Å²) in [6.45, 7) is 3.25. The lowest BCUT2D eigenvalue weighted by Gasteiger charge is -2.34. The first-order valence-corrected chi connectivity index (χ1v) is 12.2. The van der Waals surface area contributed by atoms with Crippen molar-refractivity contribution < 1.29 is 14.1 Å². The maximum absolute atomic E-state index is 12.7. The summed E-state index contributed by atoms with van der Waals surface area (Å²) in [5.74, 6) is 1.17. The lowest BCUT2D eigenvalue weighted by molar-refractivity contribution is -0.133. The largest absolute Gasteiger partial charge is 0.340 e. The molecule has 1 aromatic heterocycles. The van der Waals surface area contributed by atoms with Gasteiger partial charge in [-0.2, -0.15) is 4.98 Å². The molecular weight excluding hydrogens is 452 g/mol. The highest BCUT2D eigenvalue weighted by Crippen LogP contribution is 2.24. The minimum absolute atomic E-state index is 0.0389. The number of nitrogens with zero attached hydrogens (tertiary/aromatic N) is 4. The summed E-state index contributed by atoms with van der Waals surface area (Å²) in [5, 5.41) is 4.72. The van der Waals surface area contributed by atoms with Crippen molar-refractivity contribution >= 4 is 23.3 Å². The van der Waals surface area contributed by atoms with Gasteiger partial charge in [0, 0.05) is 55.2 Å². The third kappa shape index (κ3) is 5.21. The number of fused-ring (bicyclic) bond motifs is 1. The molecule has 8 heteroatoms. The van der Waals surface area contributed by atoms with Crippen molar-refractivity contribution in [2.45, 2.75) is 38.6 Å². The molecule has 0 N–H and O–H groups in total. The van der Waals surface area contributed by atoms with E-state index in [0.717, 1.165) is 43.5 Å². The monoisotopic (exact) mass is 478 g/mol. The number of aromatic nitrogens is 2. The molecule has 5 rings (SSSR count). The van der Waals surface area contributed by atoms with Gasteiger partial charge >= 0.3 is 0 Å². The fraction of sp³-hybridized carbons (Fsp3) is 0.385. The van der Waals surface area contributed by atoms with Gasteiger partial charge in [-0.3, -0.25) is 14.5 Å². The van der Waals surface area contributed by atoms with Crippen LogP contribution in [0.4, 0.5) is 0 Å². The maximum atomic E-state index is 12.7. The average Bonchev–Trinajstić information content (AvgIpc) is 3.52. The fourth-order valence-corrected chi connectivity index (χ4v) is 4.78. The number of benzene rings is 2. The zero-order valence-electron chi connectivity index (χ0n) is 19.0. The minimum atomic E-state index is 0.0389. The second-order valence-corrected chi connectivity index (χ2v) is 9.37. The number of amides is 1. The molecule has 0 saturated carbocycles. The molecule has 1 saturated heterocycles. The van der Waals surface area contributed by atoms with Crippen LogP contribution in [0.5, 0.6) is 0 Å². The SMILES string of the molecule is O=C(CCC(=O)N1CCN(Cc2nc(-c3ccc(Cl)cc3)no2)CC1)c1ccc2c(c1)CCC2. The van der Waals surface area contributed by atoms with Crippen molar-refractivity contribution in [3.05, 3.63) is 70.1 Å². The summed E-state index contributed by atoms with van der Waals surface area (Å²) in [6, 6.07) is 13.3. The number of halogens is 1. The molecule has 0 spiro atoms. The topological polar surface area (TPSA) is 79.5 Å². The molecule has 2 aliphatic rings. The Morgan fingerprint density at radius 3 is 2.50 bits per heavy atom. The van der Waals surface area contributed by atoms with Gasteiger partial charge in [-0.1, -0.05) is 28.9 Å². The smallest absolute Gasteiger partial charge is 0.241 e. The molecule has 1 fully saturated rings. The van der Waals surface area contributed by atoms with Crippen LogP contribution in [0.1, 0.15) is 46.6 Å². The standard InChI is InChI=1S/C26H27ClN4O3/c27-22-8-6-19(7-9-22)26-28-24(34-29-26)17-30-12-14-31(15-13-30)25(33)11-10-23(32)21-5-4-18-2-1-3-20(18)16-21/h4-9,16H,1-3,10-15,17H2. The van der Waals surface area contributed by atoms with Gasteiger partial charge in [0.1, 0.15) is 0 Å². The van der Waals surface area contributed by atoms with Crippen LogP contribution in [-0.2, 0) is 24.2 Å². The van der Waals surface area contributed by atoms with Crippen LogP contribution < -0.4 is 0 Å². The van der Waals surface area contributed by atoms with Crippen LogP contribution in [0.3, 0.4) is 0 Å². The predicted octanol–water partition coefficient (Wildman–Crippen LogP) is 4.19. The second-order valence-electron chi connectivity index (χ2n) is 8.94. The Morgan fingerprint density at radius 2 is 1.71 bits per heavy atom. The van der Waals surface area contributed by atoms with E-state index in [1.54, 1.807) is 12.1 Å². The molecule has 34 heavy (non-hydrogen) atoms. The van der Waals surface area contributed by atoms with Gasteiger partial charge in [-0.15, -0.1) is 0 Å². The van der Waals surface area contributed by atoms with Gasteiger partial charge in [-0.25, -0.2) is 0 Å². The number of carbonyl (C=O) groups is 2. The van der Waals surface area contributed by atoms with Crippen LogP contribution in [0, 0.1) is 0 Å². The van der Waals surface area contributed by atoms with Crippen LogP contribution in [0.2, 0.25) is 5.02 Å². The van der Waals surface area contributed by atoms with Crippen molar-refractivity contribution in [2.75, 3.05) is 26.2 Å². The molecule has 3 aromatic rings. The highest BCUT2D eigenvalue weighted by Gasteiger charge is 2.23. The molecule has 2 aromatic carbocycles. The number of hydrogen-bond donors (Lipinski definition) is 0. The molecule has 1 amide bonds. The number of hydrogen-bond acceptors (Lipinski definition) is 6. The predicted molar refractivity (Wildman–Crippen MR) is 129 cm³/mol. The number of Topliss-reactive ketones (excluding diaryl/α,β-unsaturated/α-hetero) is 1. The van der Waals surface area contributed by atoms with E-state index in [0.29, 0.717) is 36.4 Å². The lowest BCUT2D eigenvalue weighted by atomic mass is 10.0. The van der Waals surface area contributed by atoms with Gasteiger partial charge in [0.25, 0.3) is 0 Å². The maximum Gasteiger partial charge on any atom is 0.241 e. The molecule has 0 radical (unpaired) electrons. The van der Waals surface area contributed by atoms with E-state index in [-0.39, 0.29) is 24.5 Å². The highest BCUT2D eigenvalue weighted by molar-refractivity contribution is 6.30. The van der Waals surface area contributed by atoms with Gasteiger partial charge in [0.05, 0.1) is 6.54 Å². The van der Waals surface area contributed by atoms with Crippen molar-refractivity contribution in [1.29, 1.82) is 0 Å². The van der Waals surface area contributed by atoms with Crippen molar-refractivity contribution in [3.63, 3.8) is 0 Å². The van der Waals surface area contributed by atoms with Crippen molar-refractivity contribution in [3.8, 4) is 11.4 Å². The fourth-order valence-electron chi connectivity index (χ4n) is 4.65. The van der Waals surface area contributed by atoms with Gasteiger partial charge in [0.15, 0.2) is 5.78 Å². The Kier molecular flexibility index (Phi) is 6.74. The summed E-state index contributed by atoms with van der Waals surface area (Å²) in [6.07, 6.45) is 3.82. The van der Waals surface area contributed by atoms with Gasteiger partial charge in [-0.05, 0) is 60.7 Å². The molecule has 1 aliphatic carbocycles. The molecule has 176 valence electrons. The third-order valence-corrected chi connectivity index (χ3v) is 6.89. The first-order chi connectivity index (χ1) is 16.5. The first-order valence-electron chi connectivity index (χ1n) is 11.8. The van der Waals surface area contributed by atoms with E-state index in [9.17, 15) is 9.59 Å². The van der Waals surface area contributed by atoms with E-state index in [2.05, 4.69) is 21.1 Å². The zero-order chi connectivity index (χ0) is 23.5. The van der Waals surface area contributed by atoms with Crippen LogP contribution in [0.25, 0.3) is 11.4 Å². The van der Waals surface area contributed by atoms with Crippen LogP contribution in [0.15, 0.2) is 47.0 Å². The molecule has 0 atom stereocenters. The van der Waals surface area contributed by atoms with Crippen molar-refractivity contribution in [2.24, 2.45) is 0 Å². The Labute approximate surface area is 203 Å². The molecule has 1 aliphatic heterocycles. The number of carbonyl (C=O) groups excluding carboxylic acids is 2. The minimum Gasteiger partial charge on any atom is -0.340 e. The third-order valence-electron chi connectivity index (χ3n) is 6.64. The summed E-state index contributed by atoms with van der Waals surface area (Å²) in [4.78, 5) is 33.8. The molecular formula is C26H27ClN4O3. The van der Waals surface area contributed by atoms with Gasteiger partial charge < -0.3 is 9.42 Å². The van der Waals surface area contributed by atoms with E-state index in [4.69, 9.17) is 16.1 Å². The Balaban J connectivity index is 1.07.